The highest BCUT2D eigenvalue weighted by Gasteiger charge is 2.08. The lowest BCUT2D eigenvalue weighted by molar-refractivity contribution is 0.134. The second-order valence-electron chi connectivity index (χ2n) is 4.12. The fraction of sp³-hybridized carbons (Fsp3) is 0.188. The predicted molar refractivity (Wildman–Crippen MR) is 77.9 cm³/mol. The molecule has 0 aliphatic carbocycles. The Morgan fingerprint density at radius 3 is 2.50 bits per heavy atom. The van der Waals surface area contributed by atoms with E-state index in [1.54, 1.807) is 12.1 Å². The second kappa shape index (κ2) is 7.31. The van der Waals surface area contributed by atoms with Crippen LogP contribution in [0.5, 0.6) is 5.75 Å². The van der Waals surface area contributed by atoms with Gasteiger partial charge in [-0.05, 0) is 25.1 Å². The minimum atomic E-state index is -0.514. The molecule has 0 atom stereocenters. The van der Waals surface area contributed by atoms with Gasteiger partial charge in [0.05, 0.1) is 6.61 Å². The van der Waals surface area contributed by atoms with E-state index in [4.69, 9.17) is 9.47 Å². The van der Waals surface area contributed by atoms with Crippen LogP contribution in [0.3, 0.4) is 0 Å². The van der Waals surface area contributed by atoms with Crippen molar-refractivity contribution in [3.63, 3.8) is 0 Å². The van der Waals surface area contributed by atoms with Gasteiger partial charge in [0.25, 0.3) is 0 Å². The normalized spacial score (nSPS) is 10.1. The third-order valence-electron chi connectivity index (χ3n) is 2.67. The Bertz CT molecular complexity index is 555. The molecule has 0 unspecified atom stereocenters. The number of carbonyl (C=O) groups is 1. The summed E-state index contributed by atoms with van der Waals surface area (Å²) in [4.78, 5) is 11.8. The van der Waals surface area contributed by atoms with Crippen LogP contribution in [0.25, 0.3) is 0 Å². The summed E-state index contributed by atoms with van der Waals surface area (Å²) in [6.45, 7) is 3.01. The van der Waals surface area contributed by atoms with Crippen LogP contribution in [0.4, 0.5) is 10.5 Å². The number of nitrogens with one attached hydrogen (secondary N) is 1. The minimum absolute atomic E-state index is 0.457. The lowest BCUT2D eigenvalue weighted by Gasteiger charge is -2.11. The number of benzene rings is 2. The first-order valence-electron chi connectivity index (χ1n) is 6.49. The van der Waals surface area contributed by atoms with Crippen molar-refractivity contribution < 1.29 is 14.3 Å². The van der Waals surface area contributed by atoms with Gasteiger partial charge in [-0.2, -0.15) is 0 Å². The van der Waals surface area contributed by atoms with E-state index in [0.29, 0.717) is 24.7 Å². The highest BCUT2D eigenvalue weighted by Crippen LogP contribution is 2.17. The van der Waals surface area contributed by atoms with E-state index < -0.39 is 6.09 Å². The highest BCUT2D eigenvalue weighted by atomic mass is 16.6. The number of ether oxygens (including phenoxy) is 2. The first-order chi connectivity index (χ1) is 9.79. The summed E-state index contributed by atoms with van der Waals surface area (Å²) in [5.74, 6) is 0.507. The zero-order chi connectivity index (χ0) is 14.2. The molecule has 104 valence electrons. The maximum Gasteiger partial charge on any atom is 0.417 e. The summed E-state index contributed by atoms with van der Waals surface area (Å²) in [6, 6.07) is 16.4. The number of hydrogen-bond donors (Lipinski definition) is 1. The quantitative estimate of drug-likeness (QED) is 0.899. The molecule has 2 aromatic rings. The molecule has 0 fully saturated rings. The molecule has 0 heterocycles. The van der Waals surface area contributed by atoms with Crippen molar-refractivity contribution >= 4 is 11.8 Å². The van der Waals surface area contributed by atoms with E-state index in [9.17, 15) is 4.79 Å². The number of rotatable bonds is 5. The Morgan fingerprint density at radius 1 is 1.05 bits per heavy atom. The van der Waals surface area contributed by atoms with Crippen LogP contribution in [0, 0.1) is 0 Å². The van der Waals surface area contributed by atoms with Crippen molar-refractivity contribution in [2.45, 2.75) is 13.5 Å². The van der Waals surface area contributed by atoms with Gasteiger partial charge in [0, 0.05) is 17.9 Å². The van der Waals surface area contributed by atoms with Gasteiger partial charge >= 0.3 is 6.09 Å². The smallest absolute Gasteiger partial charge is 0.410 e. The van der Waals surface area contributed by atoms with Gasteiger partial charge in [-0.1, -0.05) is 36.4 Å². The number of hydrogen-bond acceptors (Lipinski definition) is 3. The van der Waals surface area contributed by atoms with E-state index in [-0.39, 0.29) is 0 Å². The van der Waals surface area contributed by atoms with Crippen LogP contribution in [0.15, 0.2) is 54.6 Å². The van der Waals surface area contributed by atoms with Crippen LogP contribution in [0.2, 0.25) is 0 Å². The lowest BCUT2D eigenvalue weighted by Crippen LogP contribution is -2.17. The largest absolute Gasteiger partial charge is 0.417 e. The Balaban J connectivity index is 2.00. The van der Waals surface area contributed by atoms with E-state index in [1.807, 2.05) is 49.4 Å². The zero-order valence-corrected chi connectivity index (χ0v) is 11.3. The maximum absolute atomic E-state index is 11.8. The summed E-state index contributed by atoms with van der Waals surface area (Å²) in [5, 5.41) is 2.73. The van der Waals surface area contributed by atoms with Crippen LogP contribution < -0.4 is 10.1 Å². The van der Waals surface area contributed by atoms with E-state index in [1.165, 1.54) is 0 Å². The van der Waals surface area contributed by atoms with Gasteiger partial charge in [-0.25, -0.2) is 4.79 Å². The summed E-state index contributed by atoms with van der Waals surface area (Å²) in [5.41, 5.74) is 1.61. The molecular formula is C16H17NO3. The predicted octanol–water partition coefficient (Wildman–Crippen LogP) is 3.83. The molecule has 1 amide bonds. The average molecular weight is 271 g/mol. The van der Waals surface area contributed by atoms with Crippen molar-refractivity contribution in [3.05, 3.63) is 60.2 Å². The third kappa shape index (κ3) is 4.10. The maximum atomic E-state index is 11.8. The van der Waals surface area contributed by atoms with Crippen molar-refractivity contribution in [3.8, 4) is 5.75 Å². The Hall–Kier alpha value is -2.33. The number of anilines is 1. The molecular weight excluding hydrogens is 254 g/mol. The standard InChI is InChI=1S/C16H17NO3/c1-2-19-12-13-8-6-7-11-15(13)17-16(18)20-14-9-4-3-5-10-14/h3-11H,2,12H2,1H3,(H,17,18). The SMILES string of the molecule is CCOCc1ccccc1NC(=O)Oc1ccccc1. The first-order valence-corrected chi connectivity index (χ1v) is 6.49. The molecule has 0 saturated carbocycles. The van der Waals surface area contributed by atoms with Crippen molar-refractivity contribution in [2.75, 3.05) is 11.9 Å². The summed E-state index contributed by atoms with van der Waals surface area (Å²) >= 11 is 0. The van der Waals surface area contributed by atoms with Gasteiger partial charge in [0.1, 0.15) is 5.75 Å². The van der Waals surface area contributed by atoms with Crippen LogP contribution in [-0.4, -0.2) is 12.7 Å². The topological polar surface area (TPSA) is 47.6 Å². The number of carbonyl (C=O) groups excluding carboxylic acids is 1. The van der Waals surface area contributed by atoms with Crippen LogP contribution >= 0.6 is 0 Å². The molecule has 0 radical (unpaired) electrons. The summed E-state index contributed by atoms with van der Waals surface area (Å²) in [7, 11) is 0. The fourth-order valence-corrected chi connectivity index (χ4v) is 1.71. The van der Waals surface area contributed by atoms with E-state index >= 15 is 0 Å². The zero-order valence-electron chi connectivity index (χ0n) is 11.3. The van der Waals surface area contributed by atoms with Crippen molar-refractivity contribution in [1.29, 1.82) is 0 Å². The van der Waals surface area contributed by atoms with Gasteiger partial charge in [-0.3, -0.25) is 5.32 Å². The Labute approximate surface area is 118 Å². The number of amides is 1. The summed E-state index contributed by atoms with van der Waals surface area (Å²) < 4.78 is 10.6. The molecule has 2 rings (SSSR count). The first kappa shape index (κ1) is 14.1. The van der Waals surface area contributed by atoms with Crippen LogP contribution in [0.1, 0.15) is 12.5 Å². The monoisotopic (exact) mass is 271 g/mol. The fourth-order valence-electron chi connectivity index (χ4n) is 1.71. The molecule has 20 heavy (non-hydrogen) atoms. The van der Waals surface area contributed by atoms with Gasteiger partial charge in [-0.15, -0.1) is 0 Å². The minimum Gasteiger partial charge on any atom is -0.410 e. The summed E-state index contributed by atoms with van der Waals surface area (Å²) in [6.07, 6.45) is -0.514. The molecule has 0 bridgehead atoms. The van der Waals surface area contributed by atoms with Crippen molar-refractivity contribution in [1.82, 2.24) is 0 Å². The molecule has 0 spiro atoms. The lowest BCUT2D eigenvalue weighted by atomic mass is 10.2. The van der Waals surface area contributed by atoms with Gasteiger partial charge in [0.2, 0.25) is 0 Å². The Kier molecular flexibility index (Phi) is 5.15. The molecule has 0 aliphatic heterocycles. The highest BCUT2D eigenvalue weighted by molar-refractivity contribution is 5.87. The van der Waals surface area contributed by atoms with Crippen molar-refractivity contribution in [2.24, 2.45) is 0 Å². The van der Waals surface area contributed by atoms with Gasteiger partial charge in [0.15, 0.2) is 0 Å². The molecule has 0 saturated heterocycles. The molecule has 4 heteroatoms. The average Bonchev–Trinajstić information content (AvgIpc) is 2.47. The molecule has 0 aliphatic rings. The molecule has 1 N–H and O–H groups in total. The molecule has 0 aromatic heterocycles. The third-order valence-corrected chi connectivity index (χ3v) is 2.67. The van der Waals surface area contributed by atoms with Crippen LogP contribution in [-0.2, 0) is 11.3 Å². The van der Waals surface area contributed by atoms with Gasteiger partial charge < -0.3 is 9.47 Å². The Morgan fingerprint density at radius 2 is 1.75 bits per heavy atom. The second-order valence-corrected chi connectivity index (χ2v) is 4.12. The van der Waals surface area contributed by atoms with E-state index in [0.717, 1.165) is 5.56 Å². The number of para-hydroxylation sites is 2. The molecule has 4 nitrogen and oxygen atoms in total. The van der Waals surface area contributed by atoms with E-state index in [2.05, 4.69) is 5.32 Å². The molecule has 2 aromatic carbocycles.